The smallest absolute Gasteiger partial charge is 0.406 e. The van der Waals surface area contributed by atoms with Gasteiger partial charge in [-0.1, -0.05) is 12.1 Å². The minimum absolute atomic E-state index is 0.164. The van der Waals surface area contributed by atoms with Crippen molar-refractivity contribution < 1.29 is 22.7 Å². The molecule has 0 aliphatic heterocycles. The van der Waals surface area contributed by atoms with Gasteiger partial charge < -0.3 is 24.9 Å². The SMILES string of the molecule is O=C(Nc1cccc(OC(F)(F)F)c1)Nc1cccc2c1ccn2Cc1ccnc2[nH]ccc12. The molecule has 0 spiro atoms. The van der Waals surface area contributed by atoms with E-state index >= 15 is 0 Å². The van der Waals surface area contributed by atoms with Crippen molar-refractivity contribution in [3.05, 3.63) is 84.8 Å². The van der Waals surface area contributed by atoms with E-state index in [1.807, 2.05) is 42.7 Å². The number of aromatic nitrogens is 3. The predicted octanol–water partition coefficient (Wildman–Crippen LogP) is 6.11. The van der Waals surface area contributed by atoms with Crippen LogP contribution in [-0.2, 0) is 6.54 Å². The Morgan fingerprint density at radius 3 is 2.74 bits per heavy atom. The van der Waals surface area contributed by atoms with Crippen LogP contribution in [0.2, 0.25) is 0 Å². The van der Waals surface area contributed by atoms with Gasteiger partial charge in [-0.2, -0.15) is 0 Å². The first kappa shape index (κ1) is 21.4. The molecule has 3 aromatic heterocycles. The Bertz CT molecular complexity index is 1490. The number of ether oxygens (including phenoxy) is 1. The van der Waals surface area contributed by atoms with Crippen molar-refractivity contribution in [2.24, 2.45) is 0 Å². The summed E-state index contributed by atoms with van der Waals surface area (Å²) in [6, 6.07) is 15.9. The Labute approximate surface area is 191 Å². The van der Waals surface area contributed by atoms with Crippen LogP contribution in [0, 0.1) is 0 Å². The number of benzene rings is 2. The lowest BCUT2D eigenvalue weighted by atomic mass is 10.2. The summed E-state index contributed by atoms with van der Waals surface area (Å²) in [4.78, 5) is 20.0. The van der Waals surface area contributed by atoms with E-state index in [1.165, 1.54) is 12.1 Å². The van der Waals surface area contributed by atoms with Crippen LogP contribution >= 0.6 is 0 Å². The molecule has 34 heavy (non-hydrogen) atoms. The number of hydrogen-bond acceptors (Lipinski definition) is 3. The van der Waals surface area contributed by atoms with Gasteiger partial charge >= 0.3 is 12.4 Å². The number of anilines is 2. The van der Waals surface area contributed by atoms with E-state index < -0.39 is 18.1 Å². The van der Waals surface area contributed by atoms with E-state index in [-0.39, 0.29) is 5.69 Å². The van der Waals surface area contributed by atoms with Gasteiger partial charge in [0.2, 0.25) is 0 Å². The van der Waals surface area contributed by atoms with E-state index in [9.17, 15) is 18.0 Å². The molecule has 2 amide bonds. The Balaban J connectivity index is 1.34. The molecular weight excluding hydrogens is 447 g/mol. The molecule has 3 heterocycles. The van der Waals surface area contributed by atoms with E-state index in [0.717, 1.165) is 39.6 Å². The zero-order valence-corrected chi connectivity index (χ0v) is 17.6. The predicted molar refractivity (Wildman–Crippen MR) is 123 cm³/mol. The van der Waals surface area contributed by atoms with Crippen LogP contribution in [-0.4, -0.2) is 26.9 Å². The monoisotopic (exact) mass is 465 g/mol. The highest BCUT2D eigenvalue weighted by molar-refractivity contribution is 6.05. The third-order valence-corrected chi connectivity index (χ3v) is 5.28. The number of amides is 2. The van der Waals surface area contributed by atoms with Crippen molar-refractivity contribution in [1.82, 2.24) is 14.5 Å². The Morgan fingerprint density at radius 1 is 1.03 bits per heavy atom. The summed E-state index contributed by atoms with van der Waals surface area (Å²) in [5, 5.41) is 7.15. The summed E-state index contributed by atoms with van der Waals surface area (Å²) in [5.74, 6) is -0.419. The van der Waals surface area contributed by atoms with Gasteiger partial charge in [-0.15, -0.1) is 13.2 Å². The zero-order chi connectivity index (χ0) is 23.7. The molecule has 172 valence electrons. The maximum atomic E-state index is 12.5. The van der Waals surface area contributed by atoms with Crippen molar-refractivity contribution in [3.8, 4) is 5.75 Å². The summed E-state index contributed by atoms with van der Waals surface area (Å²) in [6.07, 6.45) is 0.726. The summed E-state index contributed by atoms with van der Waals surface area (Å²) < 4.78 is 43.3. The van der Waals surface area contributed by atoms with Crippen LogP contribution in [0.25, 0.3) is 21.9 Å². The molecule has 7 nitrogen and oxygen atoms in total. The van der Waals surface area contributed by atoms with Gasteiger partial charge in [-0.25, -0.2) is 9.78 Å². The first-order chi connectivity index (χ1) is 16.4. The fraction of sp³-hybridized carbons (Fsp3) is 0.0833. The second-order valence-corrected chi connectivity index (χ2v) is 7.55. The highest BCUT2D eigenvalue weighted by atomic mass is 19.4. The first-order valence-electron chi connectivity index (χ1n) is 10.3. The van der Waals surface area contributed by atoms with Crippen LogP contribution in [0.1, 0.15) is 5.56 Å². The minimum Gasteiger partial charge on any atom is -0.406 e. The Kier molecular flexibility index (Phi) is 5.33. The number of nitrogens with zero attached hydrogens (tertiary/aromatic N) is 2. The van der Waals surface area contributed by atoms with Gasteiger partial charge in [0.1, 0.15) is 11.4 Å². The number of alkyl halides is 3. The quantitative estimate of drug-likeness (QED) is 0.293. The average molecular weight is 465 g/mol. The van der Waals surface area contributed by atoms with Crippen LogP contribution in [0.15, 0.2) is 79.3 Å². The molecule has 0 fully saturated rings. The van der Waals surface area contributed by atoms with Crippen LogP contribution < -0.4 is 15.4 Å². The molecule has 2 aromatic carbocycles. The molecule has 0 saturated carbocycles. The summed E-state index contributed by atoms with van der Waals surface area (Å²) in [6.45, 7) is 0.613. The fourth-order valence-electron chi connectivity index (χ4n) is 3.87. The van der Waals surface area contributed by atoms with E-state index in [0.29, 0.717) is 12.2 Å². The second-order valence-electron chi connectivity index (χ2n) is 7.55. The van der Waals surface area contributed by atoms with E-state index in [2.05, 4.69) is 29.9 Å². The zero-order valence-electron chi connectivity index (χ0n) is 17.6. The number of carbonyl (C=O) groups is 1. The number of halogens is 3. The second kappa shape index (κ2) is 8.47. The first-order valence-corrected chi connectivity index (χ1v) is 10.3. The van der Waals surface area contributed by atoms with Crippen molar-refractivity contribution >= 4 is 39.3 Å². The van der Waals surface area contributed by atoms with E-state index in [1.54, 1.807) is 12.3 Å². The maximum absolute atomic E-state index is 12.5. The van der Waals surface area contributed by atoms with Gasteiger partial charge in [0.05, 0.1) is 11.2 Å². The van der Waals surface area contributed by atoms with Crippen LogP contribution in [0.3, 0.4) is 0 Å². The van der Waals surface area contributed by atoms with E-state index in [4.69, 9.17) is 0 Å². The van der Waals surface area contributed by atoms with Crippen molar-refractivity contribution in [1.29, 1.82) is 0 Å². The molecule has 0 saturated heterocycles. The largest absolute Gasteiger partial charge is 0.573 e. The highest BCUT2D eigenvalue weighted by Gasteiger charge is 2.31. The maximum Gasteiger partial charge on any atom is 0.573 e. The molecule has 0 radical (unpaired) electrons. The molecule has 0 aliphatic rings. The number of carbonyl (C=O) groups excluding carboxylic acids is 1. The number of urea groups is 1. The topological polar surface area (TPSA) is 84.0 Å². The molecule has 10 heteroatoms. The molecule has 0 aliphatic carbocycles. The molecule has 0 unspecified atom stereocenters. The minimum atomic E-state index is -4.81. The molecule has 0 atom stereocenters. The van der Waals surface area contributed by atoms with Crippen LogP contribution in [0.5, 0.6) is 5.75 Å². The lowest BCUT2D eigenvalue weighted by Crippen LogP contribution is -2.20. The Hall–Kier alpha value is -4.47. The number of fused-ring (bicyclic) bond motifs is 2. The lowest BCUT2D eigenvalue weighted by molar-refractivity contribution is -0.274. The highest BCUT2D eigenvalue weighted by Crippen LogP contribution is 2.28. The number of rotatable bonds is 5. The van der Waals surface area contributed by atoms with Crippen LogP contribution in [0.4, 0.5) is 29.3 Å². The molecular formula is C24H18F3N5O2. The standard InChI is InChI=1S/C24H18F3N5O2/c25-24(26,27)34-17-4-1-3-16(13-17)30-23(33)31-20-5-2-6-21-19(20)9-12-32(21)14-15-7-10-28-22-18(15)8-11-29-22/h1-13H,14H2,(H,28,29)(H2,30,31,33). The summed E-state index contributed by atoms with van der Waals surface area (Å²) >= 11 is 0. The number of hydrogen-bond donors (Lipinski definition) is 3. The number of aromatic amines is 1. The normalized spacial score (nSPS) is 11.6. The molecule has 3 N–H and O–H groups in total. The van der Waals surface area contributed by atoms with Crippen molar-refractivity contribution in [3.63, 3.8) is 0 Å². The third-order valence-electron chi connectivity index (χ3n) is 5.28. The number of nitrogens with one attached hydrogen (secondary N) is 3. The van der Waals surface area contributed by atoms with Gasteiger partial charge in [-0.05, 0) is 48.0 Å². The van der Waals surface area contributed by atoms with Gasteiger partial charge in [0, 0.05) is 47.7 Å². The number of pyridine rings is 1. The molecule has 5 rings (SSSR count). The average Bonchev–Trinajstić information content (AvgIpc) is 3.41. The van der Waals surface area contributed by atoms with Gasteiger partial charge in [0.15, 0.2) is 0 Å². The fourth-order valence-corrected chi connectivity index (χ4v) is 3.87. The third kappa shape index (κ3) is 4.51. The van der Waals surface area contributed by atoms with Gasteiger partial charge in [0.25, 0.3) is 0 Å². The molecule has 5 aromatic rings. The number of H-pyrrole nitrogens is 1. The van der Waals surface area contributed by atoms with Crippen molar-refractivity contribution in [2.45, 2.75) is 12.9 Å². The molecule has 0 bridgehead atoms. The van der Waals surface area contributed by atoms with Gasteiger partial charge in [-0.3, -0.25) is 0 Å². The Morgan fingerprint density at radius 2 is 1.88 bits per heavy atom. The van der Waals surface area contributed by atoms with Crippen molar-refractivity contribution in [2.75, 3.05) is 10.6 Å². The summed E-state index contributed by atoms with van der Waals surface area (Å²) in [5.41, 5.74) is 3.56. The summed E-state index contributed by atoms with van der Waals surface area (Å²) in [7, 11) is 0. The lowest BCUT2D eigenvalue weighted by Gasteiger charge is -2.12.